The average molecular weight is 201 g/mol. The standard InChI is InChI=1S/C9H15NO4/c1-6(2)14-9(13)10-4-7(5-10)3-8(11)12/h6-7H,3-5H2,1-2H3,(H,11,12). The van der Waals surface area contributed by atoms with Crippen LogP contribution in [-0.2, 0) is 9.53 Å². The molecular formula is C9H15NO4. The lowest BCUT2D eigenvalue weighted by molar-refractivity contribution is -0.139. The molecule has 5 heteroatoms. The Hall–Kier alpha value is -1.26. The molecule has 80 valence electrons. The maximum atomic E-state index is 11.2. The summed E-state index contributed by atoms with van der Waals surface area (Å²) >= 11 is 0. The summed E-state index contributed by atoms with van der Waals surface area (Å²) in [5, 5.41) is 8.48. The van der Waals surface area contributed by atoms with Crippen LogP contribution in [0.1, 0.15) is 20.3 Å². The Bertz CT molecular complexity index is 233. The molecule has 0 bridgehead atoms. The lowest BCUT2D eigenvalue weighted by Crippen LogP contribution is -2.51. The molecule has 0 saturated carbocycles. The summed E-state index contributed by atoms with van der Waals surface area (Å²) in [6, 6.07) is 0. The summed E-state index contributed by atoms with van der Waals surface area (Å²) in [5.74, 6) is -0.723. The molecule has 0 aromatic carbocycles. The Labute approximate surface area is 82.6 Å². The zero-order valence-corrected chi connectivity index (χ0v) is 8.40. The van der Waals surface area contributed by atoms with Gasteiger partial charge in [-0.15, -0.1) is 0 Å². The molecule has 1 rings (SSSR count). The van der Waals surface area contributed by atoms with E-state index < -0.39 is 5.97 Å². The van der Waals surface area contributed by atoms with Crippen LogP contribution in [0.25, 0.3) is 0 Å². The summed E-state index contributed by atoms with van der Waals surface area (Å²) < 4.78 is 4.95. The van der Waals surface area contributed by atoms with Gasteiger partial charge in [-0.05, 0) is 13.8 Å². The largest absolute Gasteiger partial charge is 0.481 e. The Kier molecular flexibility index (Phi) is 3.33. The number of hydrogen-bond acceptors (Lipinski definition) is 3. The van der Waals surface area contributed by atoms with Crippen molar-refractivity contribution >= 4 is 12.1 Å². The third-order valence-electron chi connectivity index (χ3n) is 2.02. The zero-order chi connectivity index (χ0) is 10.7. The Balaban J connectivity index is 2.20. The quantitative estimate of drug-likeness (QED) is 0.737. The van der Waals surface area contributed by atoms with Gasteiger partial charge >= 0.3 is 12.1 Å². The Morgan fingerprint density at radius 1 is 1.50 bits per heavy atom. The van der Waals surface area contributed by atoms with Crippen LogP contribution in [0.15, 0.2) is 0 Å². The average Bonchev–Trinajstić information content (AvgIpc) is 1.93. The van der Waals surface area contributed by atoms with E-state index in [9.17, 15) is 9.59 Å². The van der Waals surface area contributed by atoms with E-state index in [1.807, 2.05) is 0 Å². The number of likely N-dealkylation sites (tertiary alicyclic amines) is 1. The van der Waals surface area contributed by atoms with Crippen LogP contribution in [0.3, 0.4) is 0 Å². The van der Waals surface area contributed by atoms with Crippen molar-refractivity contribution in [3.63, 3.8) is 0 Å². The molecule has 1 amide bonds. The number of carboxylic acids is 1. The van der Waals surface area contributed by atoms with E-state index in [1.165, 1.54) is 4.90 Å². The van der Waals surface area contributed by atoms with Crippen molar-refractivity contribution in [3.8, 4) is 0 Å². The van der Waals surface area contributed by atoms with Crippen molar-refractivity contribution in [1.82, 2.24) is 4.90 Å². The van der Waals surface area contributed by atoms with Crippen molar-refractivity contribution in [2.45, 2.75) is 26.4 Å². The first-order valence-electron chi connectivity index (χ1n) is 4.66. The second-order valence-corrected chi connectivity index (χ2v) is 3.80. The first-order chi connectivity index (χ1) is 6.49. The normalized spacial score (nSPS) is 16.6. The number of carbonyl (C=O) groups excluding carboxylic acids is 1. The molecule has 1 fully saturated rings. The summed E-state index contributed by atoms with van der Waals surface area (Å²) in [5.41, 5.74) is 0. The van der Waals surface area contributed by atoms with Crippen LogP contribution in [-0.4, -0.2) is 41.3 Å². The molecule has 1 N–H and O–H groups in total. The molecule has 1 aliphatic rings. The number of carboxylic acid groups (broad SMARTS) is 1. The van der Waals surface area contributed by atoms with Crippen molar-refractivity contribution in [1.29, 1.82) is 0 Å². The molecule has 14 heavy (non-hydrogen) atoms. The smallest absolute Gasteiger partial charge is 0.410 e. The van der Waals surface area contributed by atoms with Gasteiger partial charge in [0, 0.05) is 19.0 Å². The van der Waals surface area contributed by atoms with Gasteiger partial charge in [0.1, 0.15) is 0 Å². The maximum absolute atomic E-state index is 11.2. The van der Waals surface area contributed by atoms with Gasteiger partial charge in [0.2, 0.25) is 0 Å². The van der Waals surface area contributed by atoms with Crippen LogP contribution in [0.2, 0.25) is 0 Å². The molecule has 0 aliphatic carbocycles. The third-order valence-corrected chi connectivity index (χ3v) is 2.02. The monoisotopic (exact) mass is 201 g/mol. The maximum Gasteiger partial charge on any atom is 0.410 e. The highest BCUT2D eigenvalue weighted by Crippen LogP contribution is 2.19. The fraction of sp³-hybridized carbons (Fsp3) is 0.778. The van der Waals surface area contributed by atoms with Crippen molar-refractivity contribution < 1.29 is 19.4 Å². The number of carbonyl (C=O) groups is 2. The minimum absolute atomic E-state index is 0.0900. The van der Waals surface area contributed by atoms with Crippen molar-refractivity contribution in [2.75, 3.05) is 13.1 Å². The SMILES string of the molecule is CC(C)OC(=O)N1CC(CC(=O)O)C1. The van der Waals surface area contributed by atoms with Gasteiger partial charge in [-0.3, -0.25) is 4.79 Å². The van der Waals surface area contributed by atoms with Gasteiger partial charge in [-0.25, -0.2) is 4.79 Å². The third kappa shape index (κ3) is 2.90. The van der Waals surface area contributed by atoms with Gasteiger partial charge in [-0.2, -0.15) is 0 Å². The predicted octanol–water partition coefficient (Wildman–Crippen LogP) is 0.938. The van der Waals surface area contributed by atoms with E-state index >= 15 is 0 Å². The van der Waals surface area contributed by atoms with Gasteiger partial charge in [0.05, 0.1) is 12.5 Å². The Morgan fingerprint density at radius 2 is 2.07 bits per heavy atom. The molecule has 0 unspecified atom stereocenters. The van der Waals surface area contributed by atoms with Gasteiger partial charge in [-0.1, -0.05) is 0 Å². The molecule has 1 aliphatic heterocycles. The van der Waals surface area contributed by atoms with E-state index in [0.29, 0.717) is 13.1 Å². The highest BCUT2D eigenvalue weighted by molar-refractivity contribution is 5.70. The minimum atomic E-state index is -0.813. The van der Waals surface area contributed by atoms with Crippen LogP contribution >= 0.6 is 0 Å². The predicted molar refractivity (Wildman–Crippen MR) is 48.9 cm³/mol. The van der Waals surface area contributed by atoms with Crippen molar-refractivity contribution in [3.05, 3.63) is 0 Å². The van der Waals surface area contributed by atoms with E-state index in [4.69, 9.17) is 9.84 Å². The fourth-order valence-electron chi connectivity index (χ4n) is 1.37. The topological polar surface area (TPSA) is 66.8 Å². The molecule has 1 saturated heterocycles. The minimum Gasteiger partial charge on any atom is -0.481 e. The van der Waals surface area contributed by atoms with E-state index in [0.717, 1.165) is 0 Å². The highest BCUT2D eigenvalue weighted by Gasteiger charge is 2.33. The second-order valence-electron chi connectivity index (χ2n) is 3.80. The summed E-state index contributed by atoms with van der Waals surface area (Å²) in [6.45, 7) is 4.56. The first kappa shape index (κ1) is 10.8. The van der Waals surface area contributed by atoms with Crippen LogP contribution in [0.4, 0.5) is 4.79 Å². The molecule has 0 radical (unpaired) electrons. The molecule has 0 spiro atoms. The number of aliphatic carboxylic acids is 1. The molecule has 1 heterocycles. The molecular weight excluding hydrogens is 186 g/mol. The number of amides is 1. The molecule has 0 aromatic heterocycles. The van der Waals surface area contributed by atoms with E-state index in [2.05, 4.69) is 0 Å². The number of nitrogens with zero attached hydrogens (tertiary/aromatic N) is 1. The van der Waals surface area contributed by atoms with Gasteiger partial charge < -0.3 is 14.7 Å². The summed E-state index contributed by atoms with van der Waals surface area (Å²) in [4.78, 5) is 23.1. The van der Waals surface area contributed by atoms with Crippen molar-refractivity contribution in [2.24, 2.45) is 5.92 Å². The first-order valence-corrected chi connectivity index (χ1v) is 4.66. The van der Waals surface area contributed by atoms with Gasteiger partial charge in [0.25, 0.3) is 0 Å². The lowest BCUT2D eigenvalue weighted by atomic mass is 9.97. The zero-order valence-electron chi connectivity index (χ0n) is 8.40. The highest BCUT2D eigenvalue weighted by atomic mass is 16.6. The van der Waals surface area contributed by atoms with E-state index in [-0.39, 0.29) is 24.5 Å². The molecule has 5 nitrogen and oxygen atoms in total. The number of hydrogen-bond donors (Lipinski definition) is 1. The van der Waals surface area contributed by atoms with Gasteiger partial charge in [0.15, 0.2) is 0 Å². The second kappa shape index (κ2) is 4.30. The Morgan fingerprint density at radius 3 is 2.50 bits per heavy atom. The van der Waals surface area contributed by atoms with Crippen LogP contribution in [0, 0.1) is 5.92 Å². The van der Waals surface area contributed by atoms with E-state index in [1.54, 1.807) is 13.8 Å². The molecule has 0 atom stereocenters. The summed E-state index contributed by atoms with van der Waals surface area (Å²) in [6.07, 6.45) is -0.339. The molecule has 0 aromatic rings. The van der Waals surface area contributed by atoms with Crippen LogP contribution in [0.5, 0.6) is 0 Å². The number of ether oxygens (including phenoxy) is 1. The summed E-state index contributed by atoms with van der Waals surface area (Å²) in [7, 11) is 0. The lowest BCUT2D eigenvalue weighted by Gasteiger charge is -2.37. The fourth-order valence-corrected chi connectivity index (χ4v) is 1.37. The number of rotatable bonds is 3. The van der Waals surface area contributed by atoms with Crippen LogP contribution < -0.4 is 0 Å².